The molecule has 0 aliphatic rings. The highest BCUT2D eigenvalue weighted by atomic mass is 35.5. The molecule has 0 unspecified atom stereocenters. The van der Waals surface area contributed by atoms with Crippen LogP contribution in [0.1, 0.15) is 5.69 Å². The Hall–Kier alpha value is -1.99. The van der Waals surface area contributed by atoms with Crippen molar-refractivity contribution >= 4 is 39.7 Å². The van der Waals surface area contributed by atoms with Crippen LogP contribution in [-0.2, 0) is 11.2 Å². The third-order valence-corrected chi connectivity index (χ3v) is 3.68. The summed E-state index contributed by atoms with van der Waals surface area (Å²) >= 11 is 7.30. The van der Waals surface area contributed by atoms with E-state index < -0.39 is 0 Å². The molecule has 2 aromatic rings. The van der Waals surface area contributed by atoms with Crippen LogP contribution in [0.25, 0.3) is 0 Å². The average Bonchev–Trinajstić information content (AvgIpc) is 2.85. The molecular formula is C13H14ClN3O3S. The van der Waals surface area contributed by atoms with E-state index in [-0.39, 0.29) is 12.3 Å². The summed E-state index contributed by atoms with van der Waals surface area (Å²) in [7, 11) is 2.99. The van der Waals surface area contributed by atoms with E-state index in [1.54, 1.807) is 17.5 Å². The summed E-state index contributed by atoms with van der Waals surface area (Å²) in [6.07, 6.45) is 0.127. The Balaban J connectivity index is 2.16. The first-order valence-corrected chi connectivity index (χ1v) is 7.20. The number of amides is 1. The zero-order chi connectivity index (χ0) is 15.4. The van der Waals surface area contributed by atoms with E-state index in [0.717, 1.165) is 0 Å². The molecule has 0 fully saturated rings. The summed E-state index contributed by atoms with van der Waals surface area (Å²) in [5.74, 6) is 0.667. The average molecular weight is 328 g/mol. The van der Waals surface area contributed by atoms with Gasteiger partial charge in [-0.05, 0) is 0 Å². The van der Waals surface area contributed by atoms with Gasteiger partial charge in [0.25, 0.3) is 0 Å². The molecule has 1 heterocycles. The second-order valence-corrected chi connectivity index (χ2v) is 5.39. The second-order valence-electron chi connectivity index (χ2n) is 4.09. The number of hydrogen-bond donors (Lipinski definition) is 2. The summed E-state index contributed by atoms with van der Waals surface area (Å²) in [5, 5.41) is 5.32. The van der Waals surface area contributed by atoms with Crippen LogP contribution in [-0.4, -0.2) is 25.1 Å². The number of nitrogens with one attached hydrogen (secondary N) is 1. The van der Waals surface area contributed by atoms with Gasteiger partial charge in [0.2, 0.25) is 5.91 Å². The lowest BCUT2D eigenvalue weighted by atomic mass is 10.2. The molecule has 0 aliphatic heterocycles. The molecule has 1 aromatic heterocycles. The van der Waals surface area contributed by atoms with Crippen LogP contribution in [0.2, 0.25) is 5.02 Å². The number of ether oxygens (including phenoxy) is 2. The van der Waals surface area contributed by atoms with Crippen LogP contribution < -0.4 is 20.5 Å². The van der Waals surface area contributed by atoms with Crippen LogP contribution in [0, 0.1) is 0 Å². The fourth-order valence-corrected chi connectivity index (χ4v) is 2.51. The number of hydrogen-bond acceptors (Lipinski definition) is 6. The molecule has 0 atom stereocenters. The van der Waals surface area contributed by atoms with E-state index in [9.17, 15) is 4.79 Å². The molecule has 8 heteroatoms. The van der Waals surface area contributed by atoms with Crippen molar-refractivity contribution in [2.75, 3.05) is 25.3 Å². The Morgan fingerprint density at radius 1 is 1.38 bits per heavy atom. The molecule has 1 amide bonds. The SMILES string of the molecule is COc1cc(NC(=O)Cc2csc(N)n2)c(OC)cc1Cl. The Labute approximate surface area is 130 Å². The van der Waals surface area contributed by atoms with E-state index in [2.05, 4.69) is 10.3 Å². The Morgan fingerprint density at radius 2 is 2.10 bits per heavy atom. The fourth-order valence-electron chi connectivity index (χ4n) is 1.72. The van der Waals surface area contributed by atoms with Gasteiger partial charge in [-0.3, -0.25) is 4.79 Å². The van der Waals surface area contributed by atoms with Crippen molar-refractivity contribution < 1.29 is 14.3 Å². The lowest BCUT2D eigenvalue weighted by molar-refractivity contribution is -0.115. The molecule has 0 aliphatic carbocycles. The number of halogens is 1. The van der Waals surface area contributed by atoms with Crippen molar-refractivity contribution in [3.63, 3.8) is 0 Å². The van der Waals surface area contributed by atoms with Gasteiger partial charge < -0.3 is 20.5 Å². The number of anilines is 2. The molecule has 112 valence electrons. The van der Waals surface area contributed by atoms with E-state index in [4.69, 9.17) is 26.8 Å². The first-order chi connectivity index (χ1) is 10.0. The lowest BCUT2D eigenvalue weighted by Crippen LogP contribution is -2.15. The minimum Gasteiger partial charge on any atom is -0.495 e. The Bertz CT molecular complexity index is 660. The maximum absolute atomic E-state index is 12.0. The molecule has 0 saturated carbocycles. The normalized spacial score (nSPS) is 10.2. The number of nitrogens with two attached hydrogens (primary N) is 1. The molecule has 6 nitrogen and oxygen atoms in total. The Morgan fingerprint density at radius 3 is 2.67 bits per heavy atom. The van der Waals surface area contributed by atoms with Crippen LogP contribution in [0.4, 0.5) is 10.8 Å². The number of thiazole rings is 1. The number of carbonyl (C=O) groups is 1. The number of nitrogens with zero attached hydrogens (tertiary/aromatic N) is 1. The molecule has 0 spiro atoms. The summed E-state index contributed by atoms with van der Waals surface area (Å²) in [6.45, 7) is 0. The predicted molar refractivity (Wildman–Crippen MR) is 83.4 cm³/mol. The molecule has 1 aromatic carbocycles. The summed E-state index contributed by atoms with van der Waals surface area (Å²) in [4.78, 5) is 16.1. The number of aromatic nitrogens is 1. The largest absolute Gasteiger partial charge is 0.495 e. The number of methoxy groups -OCH3 is 2. The van der Waals surface area contributed by atoms with Crippen LogP contribution in [0.15, 0.2) is 17.5 Å². The van der Waals surface area contributed by atoms with E-state index in [0.29, 0.717) is 33.0 Å². The van der Waals surface area contributed by atoms with Gasteiger partial charge >= 0.3 is 0 Å². The first kappa shape index (κ1) is 15.4. The topological polar surface area (TPSA) is 86.5 Å². The molecule has 0 radical (unpaired) electrons. The fraction of sp³-hybridized carbons (Fsp3) is 0.231. The van der Waals surface area contributed by atoms with Gasteiger partial charge in [0, 0.05) is 17.5 Å². The van der Waals surface area contributed by atoms with Crippen molar-refractivity contribution in [2.24, 2.45) is 0 Å². The predicted octanol–water partition coefficient (Wildman–Crippen LogP) is 2.58. The standard InChI is InChI=1S/C13H14ClN3O3S/c1-19-10-5-9(11(20-2)4-8(10)14)17-12(18)3-7-6-21-13(15)16-7/h4-6H,3H2,1-2H3,(H2,15,16)(H,17,18). The van der Waals surface area contributed by atoms with Crippen molar-refractivity contribution in [1.29, 1.82) is 0 Å². The monoisotopic (exact) mass is 327 g/mol. The minimum atomic E-state index is -0.233. The van der Waals surface area contributed by atoms with Gasteiger partial charge in [0.1, 0.15) is 11.5 Å². The van der Waals surface area contributed by atoms with E-state index >= 15 is 0 Å². The second kappa shape index (κ2) is 6.64. The van der Waals surface area contributed by atoms with Gasteiger partial charge in [0.05, 0.1) is 37.0 Å². The third kappa shape index (κ3) is 3.77. The summed E-state index contributed by atoms with van der Waals surface area (Å²) < 4.78 is 10.3. The highest BCUT2D eigenvalue weighted by Gasteiger charge is 2.13. The molecule has 21 heavy (non-hydrogen) atoms. The van der Waals surface area contributed by atoms with Crippen molar-refractivity contribution in [3.05, 3.63) is 28.2 Å². The van der Waals surface area contributed by atoms with Crippen molar-refractivity contribution in [1.82, 2.24) is 4.98 Å². The number of carbonyl (C=O) groups excluding carboxylic acids is 1. The van der Waals surface area contributed by atoms with Crippen molar-refractivity contribution in [2.45, 2.75) is 6.42 Å². The van der Waals surface area contributed by atoms with Crippen molar-refractivity contribution in [3.8, 4) is 11.5 Å². The molecule has 3 N–H and O–H groups in total. The summed E-state index contributed by atoms with van der Waals surface area (Å²) in [5.41, 5.74) is 6.63. The highest BCUT2D eigenvalue weighted by Crippen LogP contribution is 2.35. The maximum atomic E-state index is 12.0. The highest BCUT2D eigenvalue weighted by molar-refractivity contribution is 7.13. The zero-order valence-electron chi connectivity index (χ0n) is 11.5. The van der Waals surface area contributed by atoms with Crippen LogP contribution >= 0.6 is 22.9 Å². The zero-order valence-corrected chi connectivity index (χ0v) is 13.0. The van der Waals surface area contributed by atoms with E-state index in [1.807, 2.05) is 0 Å². The number of benzene rings is 1. The minimum absolute atomic E-state index is 0.127. The van der Waals surface area contributed by atoms with Gasteiger partial charge in [-0.2, -0.15) is 0 Å². The van der Waals surface area contributed by atoms with Crippen LogP contribution in [0.3, 0.4) is 0 Å². The first-order valence-electron chi connectivity index (χ1n) is 5.94. The van der Waals surface area contributed by atoms with Gasteiger partial charge in [-0.1, -0.05) is 11.6 Å². The van der Waals surface area contributed by atoms with Gasteiger partial charge in [-0.25, -0.2) is 4.98 Å². The number of nitrogen functional groups attached to an aromatic ring is 1. The van der Waals surface area contributed by atoms with Gasteiger partial charge in [0.15, 0.2) is 5.13 Å². The maximum Gasteiger partial charge on any atom is 0.230 e. The summed E-state index contributed by atoms with van der Waals surface area (Å²) in [6, 6.07) is 3.19. The lowest BCUT2D eigenvalue weighted by Gasteiger charge is -2.12. The quantitative estimate of drug-likeness (QED) is 0.881. The number of rotatable bonds is 5. The molecular weight excluding hydrogens is 314 g/mol. The molecule has 0 saturated heterocycles. The molecule has 2 rings (SSSR count). The Kier molecular flexibility index (Phi) is 4.87. The smallest absolute Gasteiger partial charge is 0.230 e. The third-order valence-electron chi connectivity index (χ3n) is 2.66. The molecule has 0 bridgehead atoms. The van der Waals surface area contributed by atoms with Crippen LogP contribution in [0.5, 0.6) is 11.5 Å². The van der Waals surface area contributed by atoms with Gasteiger partial charge in [-0.15, -0.1) is 11.3 Å². The van der Waals surface area contributed by atoms with E-state index in [1.165, 1.54) is 25.6 Å².